The standard InChI is InChI=1S/C17H17ClN2O/c1-2-8-20-16-7-6-13(18)11-15(16)19-17(20)10-12-4-3-5-14(21)9-12/h3-7,9,11,21H,2,8,10H2,1H3. The number of imidazole rings is 1. The summed E-state index contributed by atoms with van der Waals surface area (Å²) in [4.78, 5) is 4.71. The van der Waals surface area contributed by atoms with Crippen LogP contribution in [0.3, 0.4) is 0 Å². The van der Waals surface area contributed by atoms with E-state index in [1.165, 1.54) is 0 Å². The molecule has 0 radical (unpaired) electrons. The number of phenols is 1. The topological polar surface area (TPSA) is 38.0 Å². The van der Waals surface area contributed by atoms with Crippen LogP contribution in [0.4, 0.5) is 0 Å². The van der Waals surface area contributed by atoms with Crippen molar-refractivity contribution in [2.45, 2.75) is 26.3 Å². The summed E-state index contributed by atoms with van der Waals surface area (Å²) >= 11 is 6.06. The van der Waals surface area contributed by atoms with Crippen molar-refractivity contribution in [3.05, 3.63) is 58.9 Å². The molecule has 1 N–H and O–H groups in total. The Bertz CT molecular complexity index is 780. The lowest BCUT2D eigenvalue weighted by Gasteiger charge is -2.08. The number of phenolic OH excluding ortho intramolecular Hbond substituents is 1. The molecule has 2 aromatic carbocycles. The molecule has 0 unspecified atom stereocenters. The van der Waals surface area contributed by atoms with Crippen LogP contribution >= 0.6 is 11.6 Å². The minimum absolute atomic E-state index is 0.286. The molecular formula is C17H17ClN2O. The lowest BCUT2D eigenvalue weighted by molar-refractivity contribution is 0.474. The maximum absolute atomic E-state index is 9.60. The molecule has 0 aliphatic carbocycles. The van der Waals surface area contributed by atoms with Crippen molar-refractivity contribution in [3.63, 3.8) is 0 Å². The van der Waals surface area contributed by atoms with Crippen molar-refractivity contribution >= 4 is 22.6 Å². The zero-order valence-electron chi connectivity index (χ0n) is 11.9. The molecule has 3 aromatic rings. The Morgan fingerprint density at radius 2 is 2.05 bits per heavy atom. The summed E-state index contributed by atoms with van der Waals surface area (Å²) < 4.78 is 2.23. The van der Waals surface area contributed by atoms with E-state index >= 15 is 0 Å². The maximum Gasteiger partial charge on any atom is 0.115 e. The first-order chi connectivity index (χ1) is 10.2. The van der Waals surface area contributed by atoms with Crippen molar-refractivity contribution in [2.24, 2.45) is 0 Å². The Balaban J connectivity index is 2.06. The molecular weight excluding hydrogens is 284 g/mol. The summed E-state index contributed by atoms with van der Waals surface area (Å²) in [5.41, 5.74) is 3.08. The van der Waals surface area contributed by atoms with Crippen LogP contribution in [0.2, 0.25) is 5.02 Å². The third kappa shape index (κ3) is 2.88. The molecule has 1 aromatic heterocycles. The molecule has 0 fully saturated rings. The maximum atomic E-state index is 9.60. The molecule has 108 valence electrons. The number of rotatable bonds is 4. The summed E-state index contributed by atoms with van der Waals surface area (Å²) in [6.07, 6.45) is 1.74. The Morgan fingerprint density at radius 3 is 2.81 bits per heavy atom. The highest BCUT2D eigenvalue weighted by molar-refractivity contribution is 6.31. The van der Waals surface area contributed by atoms with Gasteiger partial charge < -0.3 is 9.67 Å². The SMILES string of the molecule is CCCn1c(Cc2cccc(O)c2)nc2cc(Cl)ccc21. The third-order valence-electron chi connectivity index (χ3n) is 3.51. The molecule has 21 heavy (non-hydrogen) atoms. The van der Waals surface area contributed by atoms with Crippen LogP contribution in [-0.4, -0.2) is 14.7 Å². The van der Waals surface area contributed by atoms with Crippen molar-refractivity contribution in [2.75, 3.05) is 0 Å². The zero-order valence-corrected chi connectivity index (χ0v) is 12.6. The lowest BCUT2D eigenvalue weighted by atomic mass is 10.1. The van der Waals surface area contributed by atoms with Crippen LogP contribution in [-0.2, 0) is 13.0 Å². The predicted octanol–water partition coefficient (Wildman–Crippen LogP) is 4.40. The van der Waals surface area contributed by atoms with E-state index in [4.69, 9.17) is 16.6 Å². The highest BCUT2D eigenvalue weighted by Crippen LogP contribution is 2.23. The number of hydrogen-bond donors (Lipinski definition) is 1. The van der Waals surface area contributed by atoms with E-state index in [0.717, 1.165) is 35.4 Å². The van der Waals surface area contributed by atoms with Gasteiger partial charge in [-0.05, 0) is 42.3 Å². The fraction of sp³-hybridized carbons (Fsp3) is 0.235. The number of hydrogen-bond acceptors (Lipinski definition) is 2. The molecule has 0 atom stereocenters. The van der Waals surface area contributed by atoms with E-state index in [1.807, 2.05) is 30.3 Å². The van der Waals surface area contributed by atoms with Gasteiger partial charge in [-0.1, -0.05) is 30.7 Å². The van der Waals surface area contributed by atoms with Crippen LogP contribution < -0.4 is 0 Å². The van der Waals surface area contributed by atoms with Crippen molar-refractivity contribution in [1.29, 1.82) is 0 Å². The van der Waals surface area contributed by atoms with Crippen LogP contribution in [0, 0.1) is 0 Å². The zero-order chi connectivity index (χ0) is 14.8. The molecule has 0 aliphatic heterocycles. The monoisotopic (exact) mass is 300 g/mol. The summed E-state index contributed by atoms with van der Waals surface area (Å²) in [5.74, 6) is 1.29. The van der Waals surface area contributed by atoms with Gasteiger partial charge in [-0.3, -0.25) is 0 Å². The van der Waals surface area contributed by atoms with Crippen LogP contribution in [0.5, 0.6) is 5.75 Å². The van der Waals surface area contributed by atoms with Crippen molar-refractivity contribution < 1.29 is 5.11 Å². The number of benzene rings is 2. The van der Waals surface area contributed by atoms with Gasteiger partial charge in [-0.2, -0.15) is 0 Å². The fourth-order valence-corrected chi connectivity index (χ4v) is 2.78. The van der Waals surface area contributed by atoms with E-state index in [-0.39, 0.29) is 5.75 Å². The van der Waals surface area contributed by atoms with Crippen LogP contribution in [0.1, 0.15) is 24.7 Å². The first-order valence-electron chi connectivity index (χ1n) is 7.10. The summed E-state index contributed by atoms with van der Waals surface area (Å²) in [5, 5.41) is 10.3. The first kappa shape index (κ1) is 14.0. The smallest absolute Gasteiger partial charge is 0.115 e. The largest absolute Gasteiger partial charge is 0.508 e. The number of nitrogens with zero attached hydrogens (tertiary/aromatic N) is 2. The summed E-state index contributed by atoms with van der Waals surface area (Å²) in [6.45, 7) is 3.08. The second-order valence-electron chi connectivity index (χ2n) is 5.16. The number of aromatic nitrogens is 2. The molecule has 1 heterocycles. The highest BCUT2D eigenvalue weighted by Gasteiger charge is 2.11. The molecule has 0 amide bonds. The quantitative estimate of drug-likeness (QED) is 0.775. The van der Waals surface area contributed by atoms with Gasteiger partial charge in [0.1, 0.15) is 11.6 Å². The molecule has 0 saturated carbocycles. The predicted molar refractivity (Wildman–Crippen MR) is 85.9 cm³/mol. The summed E-state index contributed by atoms with van der Waals surface area (Å²) in [7, 11) is 0. The van der Waals surface area contributed by atoms with Gasteiger partial charge in [-0.15, -0.1) is 0 Å². The molecule has 0 saturated heterocycles. The van der Waals surface area contributed by atoms with E-state index in [9.17, 15) is 5.11 Å². The molecule has 3 rings (SSSR count). The third-order valence-corrected chi connectivity index (χ3v) is 3.74. The van der Waals surface area contributed by atoms with Gasteiger partial charge in [0.25, 0.3) is 0 Å². The Labute approximate surface area is 128 Å². The van der Waals surface area contributed by atoms with E-state index < -0.39 is 0 Å². The molecule has 4 heteroatoms. The Kier molecular flexibility index (Phi) is 3.84. The van der Waals surface area contributed by atoms with E-state index in [0.29, 0.717) is 11.4 Å². The number of aryl methyl sites for hydroxylation is 1. The van der Waals surface area contributed by atoms with Gasteiger partial charge in [0, 0.05) is 18.0 Å². The van der Waals surface area contributed by atoms with Gasteiger partial charge in [0.05, 0.1) is 11.0 Å². The highest BCUT2D eigenvalue weighted by atomic mass is 35.5. The average Bonchev–Trinajstić information content (AvgIpc) is 2.76. The fourth-order valence-electron chi connectivity index (χ4n) is 2.61. The lowest BCUT2D eigenvalue weighted by Crippen LogP contribution is -2.04. The number of aromatic hydroxyl groups is 1. The van der Waals surface area contributed by atoms with E-state index in [2.05, 4.69) is 11.5 Å². The Hall–Kier alpha value is -2.00. The number of halogens is 1. The molecule has 0 bridgehead atoms. The number of fused-ring (bicyclic) bond motifs is 1. The minimum atomic E-state index is 0.286. The first-order valence-corrected chi connectivity index (χ1v) is 7.47. The molecule has 0 spiro atoms. The summed E-state index contributed by atoms with van der Waals surface area (Å²) in [6, 6.07) is 13.1. The van der Waals surface area contributed by atoms with Gasteiger partial charge in [-0.25, -0.2) is 4.98 Å². The van der Waals surface area contributed by atoms with Crippen molar-refractivity contribution in [1.82, 2.24) is 9.55 Å². The normalized spacial score (nSPS) is 11.1. The molecule has 0 aliphatic rings. The Morgan fingerprint density at radius 1 is 1.19 bits per heavy atom. The second-order valence-corrected chi connectivity index (χ2v) is 5.60. The van der Waals surface area contributed by atoms with Gasteiger partial charge in [0.15, 0.2) is 0 Å². The van der Waals surface area contributed by atoms with Crippen LogP contribution in [0.25, 0.3) is 11.0 Å². The van der Waals surface area contributed by atoms with Crippen LogP contribution in [0.15, 0.2) is 42.5 Å². The molecule has 3 nitrogen and oxygen atoms in total. The van der Waals surface area contributed by atoms with Gasteiger partial charge in [0.2, 0.25) is 0 Å². The van der Waals surface area contributed by atoms with Gasteiger partial charge >= 0.3 is 0 Å². The van der Waals surface area contributed by atoms with E-state index in [1.54, 1.807) is 12.1 Å². The second kappa shape index (κ2) is 5.78. The minimum Gasteiger partial charge on any atom is -0.508 e. The van der Waals surface area contributed by atoms with Crippen molar-refractivity contribution in [3.8, 4) is 5.75 Å². The average molecular weight is 301 g/mol.